The van der Waals surface area contributed by atoms with Gasteiger partial charge in [0, 0.05) is 19.3 Å². The van der Waals surface area contributed by atoms with Gasteiger partial charge in [-0.1, -0.05) is 231 Å². The van der Waals surface area contributed by atoms with Gasteiger partial charge in [-0.2, -0.15) is 0 Å². The van der Waals surface area contributed by atoms with Crippen molar-refractivity contribution in [2.24, 2.45) is 0 Å². The van der Waals surface area contributed by atoms with Crippen LogP contribution in [-0.4, -0.2) is 37.2 Å². The highest BCUT2D eigenvalue weighted by Crippen LogP contribution is 2.15. The Bertz CT molecular complexity index is 1060. The lowest BCUT2D eigenvalue weighted by Gasteiger charge is -2.18. The molecule has 0 bridgehead atoms. The molecule has 0 fully saturated rings. The van der Waals surface area contributed by atoms with Gasteiger partial charge < -0.3 is 14.2 Å². The summed E-state index contributed by atoms with van der Waals surface area (Å²) < 4.78 is 16.8. The highest BCUT2D eigenvalue weighted by Gasteiger charge is 2.19. The molecule has 0 heterocycles. The van der Waals surface area contributed by atoms with Gasteiger partial charge in [0.05, 0.1) is 0 Å². The van der Waals surface area contributed by atoms with Crippen LogP contribution in [0.1, 0.15) is 290 Å². The van der Waals surface area contributed by atoms with Gasteiger partial charge >= 0.3 is 17.9 Å². The van der Waals surface area contributed by atoms with Crippen molar-refractivity contribution >= 4 is 17.9 Å². The molecule has 1 atom stereocenters. The van der Waals surface area contributed by atoms with E-state index in [0.29, 0.717) is 19.3 Å². The van der Waals surface area contributed by atoms with Crippen molar-refractivity contribution in [3.63, 3.8) is 0 Å². The lowest BCUT2D eigenvalue weighted by Crippen LogP contribution is -2.30. The fraction of sp³-hybridized carbons (Fsp3) is 0.842. The normalized spacial score (nSPS) is 12.2. The van der Waals surface area contributed by atoms with E-state index in [-0.39, 0.29) is 31.1 Å². The number of allylic oxidation sites excluding steroid dienone is 6. The van der Waals surface area contributed by atoms with E-state index in [9.17, 15) is 14.4 Å². The molecule has 0 spiro atoms. The highest BCUT2D eigenvalue weighted by molar-refractivity contribution is 5.71. The zero-order chi connectivity index (χ0) is 45.8. The van der Waals surface area contributed by atoms with E-state index < -0.39 is 6.10 Å². The zero-order valence-electron chi connectivity index (χ0n) is 42.1. The summed E-state index contributed by atoms with van der Waals surface area (Å²) in [6.45, 7) is 6.62. The zero-order valence-corrected chi connectivity index (χ0v) is 42.1. The smallest absolute Gasteiger partial charge is 0.306 e. The summed E-state index contributed by atoms with van der Waals surface area (Å²) in [6.07, 6.45) is 61.3. The number of rotatable bonds is 50. The Labute approximate surface area is 391 Å². The molecule has 0 unspecified atom stereocenters. The average molecular weight is 885 g/mol. The number of ether oxygens (including phenoxy) is 3. The van der Waals surface area contributed by atoms with E-state index in [0.717, 1.165) is 70.6 Å². The van der Waals surface area contributed by atoms with Crippen LogP contribution in [0, 0.1) is 0 Å². The standard InChI is InChI=1S/C57H104O6/c1-4-7-10-13-16-19-22-24-26-27-28-29-31-32-35-38-41-44-47-50-56(59)62-53-54(52-61-55(58)49-46-43-40-37-34-21-18-15-12-9-6-3)63-57(60)51-48-45-42-39-36-33-30-25-23-20-17-14-11-8-5-2/h16,19,24-26,30,54H,4-15,17-18,20-23,27-29,31-53H2,1-3H3/b19-16-,26-24-,30-25-/t54-/m0/s1. The molecule has 0 radical (unpaired) electrons. The third kappa shape index (κ3) is 50.5. The van der Waals surface area contributed by atoms with Crippen LogP contribution < -0.4 is 0 Å². The first-order valence-electron chi connectivity index (χ1n) is 27.5. The molecular weight excluding hydrogens is 781 g/mol. The number of unbranched alkanes of at least 4 members (excludes halogenated alkanes) is 33. The highest BCUT2D eigenvalue weighted by atomic mass is 16.6. The molecule has 0 aliphatic rings. The van der Waals surface area contributed by atoms with Gasteiger partial charge in [0.1, 0.15) is 13.2 Å². The lowest BCUT2D eigenvalue weighted by molar-refractivity contribution is -0.167. The summed E-state index contributed by atoms with van der Waals surface area (Å²) in [5.74, 6) is -0.874. The summed E-state index contributed by atoms with van der Waals surface area (Å²) in [5, 5.41) is 0. The van der Waals surface area contributed by atoms with E-state index in [4.69, 9.17) is 14.2 Å². The molecule has 0 rings (SSSR count). The van der Waals surface area contributed by atoms with E-state index in [2.05, 4.69) is 57.2 Å². The summed E-state index contributed by atoms with van der Waals surface area (Å²) in [4.78, 5) is 38.0. The molecule has 0 aromatic carbocycles. The van der Waals surface area contributed by atoms with Gasteiger partial charge in [0.2, 0.25) is 0 Å². The molecule has 0 amide bonds. The first kappa shape index (κ1) is 60.6. The third-order valence-corrected chi connectivity index (χ3v) is 12.1. The summed E-state index contributed by atoms with van der Waals surface area (Å²) in [5.41, 5.74) is 0. The Morgan fingerprint density at radius 3 is 0.921 bits per heavy atom. The van der Waals surface area contributed by atoms with E-state index in [1.54, 1.807) is 0 Å². The molecular formula is C57H104O6. The SMILES string of the molecule is CCCCC/C=C\C/C=C\CCCCCCCCCCCC(=O)OC[C@H](COC(=O)CCCCCCCCCCCCC)OC(=O)CCCCCCC/C=C\CCCCCCCC. The fourth-order valence-electron chi connectivity index (χ4n) is 7.94. The summed E-state index contributed by atoms with van der Waals surface area (Å²) >= 11 is 0. The molecule has 0 aromatic rings. The van der Waals surface area contributed by atoms with Gasteiger partial charge in [0.15, 0.2) is 6.10 Å². The first-order chi connectivity index (χ1) is 31.0. The maximum atomic E-state index is 12.8. The fourth-order valence-corrected chi connectivity index (χ4v) is 7.94. The number of hydrogen-bond donors (Lipinski definition) is 0. The molecule has 0 aromatic heterocycles. The Morgan fingerprint density at radius 1 is 0.317 bits per heavy atom. The number of esters is 3. The van der Waals surface area contributed by atoms with E-state index in [1.807, 2.05) is 0 Å². The van der Waals surface area contributed by atoms with Gasteiger partial charge in [-0.15, -0.1) is 0 Å². The van der Waals surface area contributed by atoms with Crippen LogP contribution in [0.15, 0.2) is 36.5 Å². The monoisotopic (exact) mass is 885 g/mol. The van der Waals surface area contributed by atoms with Crippen LogP contribution in [0.3, 0.4) is 0 Å². The second-order valence-corrected chi connectivity index (χ2v) is 18.5. The van der Waals surface area contributed by atoms with Crippen molar-refractivity contribution in [2.75, 3.05) is 13.2 Å². The van der Waals surface area contributed by atoms with Crippen molar-refractivity contribution in [1.29, 1.82) is 0 Å². The molecule has 0 aliphatic carbocycles. The predicted octanol–water partition coefficient (Wildman–Crippen LogP) is 18.1. The second kappa shape index (κ2) is 52.3. The number of carbonyl (C=O) groups is 3. The van der Waals surface area contributed by atoms with Crippen molar-refractivity contribution in [2.45, 2.75) is 297 Å². The molecule has 368 valence electrons. The molecule has 0 aliphatic heterocycles. The van der Waals surface area contributed by atoms with Gasteiger partial charge in [-0.05, 0) is 77.0 Å². The largest absolute Gasteiger partial charge is 0.462 e. The molecule has 6 nitrogen and oxygen atoms in total. The number of hydrogen-bond acceptors (Lipinski definition) is 6. The van der Waals surface area contributed by atoms with Crippen LogP contribution in [0.25, 0.3) is 0 Å². The van der Waals surface area contributed by atoms with Crippen molar-refractivity contribution < 1.29 is 28.6 Å². The Hall–Kier alpha value is -2.37. The van der Waals surface area contributed by atoms with Crippen LogP contribution >= 0.6 is 0 Å². The molecule has 0 saturated carbocycles. The Morgan fingerprint density at radius 2 is 0.571 bits per heavy atom. The maximum absolute atomic E-state index is 12.8. The molecule has 0 saturated heterocycles. The van der Waals surface area contributed by atoms with Crippen LogP contribution in [0.2, 0.25) is 0 Å². The maximum Gasteiger partial charge on any atom is 0.306 e. The third-order valence-electron chi connectivity index (χ3n) is 12.1. The first-order valence-corrected chi connectivity index (χ1v) is 27.5. The lowest BCUT2D eigenvalue weighted by atomic mass is 10.1. The van der Waals surface area contributed by atoms with E-state index >= 15 is 0 Å². The topological polar surface area (TPSA) is 78.9 Å². The minimum absolute atomic E-state index is 0.0736. The van der Waals surface area contributed by atoms with Gasteiger partial charge in [0.25, 0.3) is 0 Å². The molecule has 0 N–H and O–H groups in total. The van der Waals surface area contributed by atoms with E-state index in [1.165, 1.54) is 180 Å². The van der Waals surface area contributed by atoms with Crippen molar-refractivity contribution in [3.8, 4) is 0 Å². The Balaban J connectivity index is 4.32. The van der Waals surface area contributed by atoms with Crippen LogP contribution in [-0.2, 0) is 28.6 Å². The minimum Gasteiger partial charge on any atom is -0.462 e. The predicted molar refractivity (Wildman–Crippen MR) is 270 cm³/mol. The van der Waals surface area contributed by atoms with Crippen molar-refractivity contribution in [3.05, 3.63) is 36.5 Å². The summed E-state index contributed by atoms with van der Waals surface area (Å²) in [6, 6.07) is 0. The molecule has 6 heteroatoms. The Kier molecular flexibility index (Phi) is 50.3. The second-order valence-electron chi connectivity index (χ2n) is 18.5. The van der Waals surface area contributed by atoms with Gasteiger partial charge in [-0.25, -0.2) is 0 Å². The van der Waals surface area contributed by atoms with Crippen LogP contribution in [0.4, 0.5) is 0 Å². The van der Waals surface area contributed by atoms with Gasteiger partial charge in [-0.3, -0.25) is 14.4 Å². The minimum atomic E-state index is -0.774. The van der Waals surface area contributed by atoms with Crippen LogP contribution in [0.5, 0.6) is 0 Å². The molecule has 63 heavy (non-hydrogen) atoms. The summed E-state index contributed by atoms with van der Waals surface area (Å²) in [7, 11) is 0. The number of carbonyl (C=O) groups excluding carboxylic acids is 3. The quantitative estimate of drug-likeness (QED) is 0.0262. The average Bonchev–Trinajstić information content (AvgIpc) is 3.28. The van der Waals surface area contributed by atoms with Crippen molar-refractivity contribution in [1.82, 2.24) is 0 Å².